The molecule has 1 amide bonds. The molecular formula is C20H19ClN6O2S. The number of nitrogens with zero attached hydrogens (tertiary/aromatic N) is 5. The van der Waals surface area contributed by atoms with Crippen molar-refractivity contribution in [1.29, 1.82) is 5.26 Å². The highest BCUT2D eigenvalue weighted by molar-refractivity contribution is 7.15. The van der Waals surface area contributed by atoms with Crippen molar-refractivity contribution in [3.05, 3.63) is 62.5 Å². The summed E-state index contributed by atoms with van der Waals surface area (Å²) in [5.41, 5.74) is 1.66. The van der Waals surface area contributed by atoms with Crippen LogP contribution >= 0.6 is 22.9 Å². The predicted octanol–water partition coefficient (Wildman–Crippen LogP) is 2.04. The van der Waals surface area contributed by atoms with E-state index in [9.17, 15) is 9.59 Å². The largest absolute Gasteiger partial charge is 0.325 e. The van der Waals surface area contributed by atoms with Gasteiger partial charge in [-0.2, -0.15) is 5.26 Å². The van der Waals surface area contributed by atoms with Gasteiger partial charge in [0.1, 0.15) is 6.07 Å². The second-order valence-corrected chi connectivity index (χ2v) is 8.33. The van der Waals surface area contributed by atoms with Crippen LogP contribution in [0.3, 0.4) is 0 Å². The lowest BCUT2D eigenvalue weighted by atomic mass is 10.2. The van der Waals surface area contributed by atoms with Crippen LogP contribution in [0.25, 0.3) is 4.96 Å². The standard InChI is InChI=1S/C20H19ClN6O2S/c21-17-9-15(2-1-14(17)11-22)23-18(28)13-26-5-3-25(4-6-26)12-16-10-19(29)27-7-8-30-20(27)24-16/h1-2,7-10H,3-6,12-13H2,(H,23,28). The summed E-state index contributed by atoms with van der Waals surface area (Å²) in [6.45, 7) is 3.99. The molecule has 3 aromatic rings. The van der Waals surface area contributed by atoms with E-state index in [0.717, 1.165) is 31.9 Å². The normalized spacial score (nSPS) is 15.2. The van der Waals surface area contributed by atoms with Crippen LogP contribution in [-0.4, -0.2) is 57.8 Å². The maximum atomic E-state index is 12.3. The van der Waals surface area contributed by atoms with Gasteiger partial charge in [0, 0.05) is 56.1 Å². The smallest absolute Gasteiger partial charge is 0.258 e. The van der Waals surface area contributed by atoms with E-state index in [4.69, 9.17) is 16.9 Å². The summed E-state index contributed by atoms with van der Waals surface area (Å²) in [4.78, 5) is 34.0. The molecule has 1 fully saturated rings. The zero-order valence-electron chi connectivity index (χ0n) is 16.0. The summed E-state index contributed by atoms with van der Waals surface area (Å²) in [6, 6.07) is 8.41. The minimum Gasteiger partial charge on any atom is -0.325 e. The van der Waals surface area contributed by atoms with Crippen molar-refractivity contribution in [2.75, 3.05) is 38.0 Å². The fraction of sp³-hybridized carbons (Fsp3) is 0.300. The summed E-state index contributed by atoms with van der Waals surface area (Å²) in [5.74, 6) is -0.123. The molecule has 1 saturated heterocycles. The highest BCUT2D eigenvalue weighted by Gasteiger charge is 2.20. The van der Waals surface area contributed by atoms with E-state index in [-0.39, 0.29) is 18.0 Å². The number of aromatic nitrogens is 2. The summed E-state index contributed by atoms with van der Waals surface area (Å²) < 4.78 is 1.55. The zero-order chi connectivity index (χ0) is 21.1. The van der Waals surface area contributed by atoms with Crippen LogP contribution in [0.1, 0.15) is 11.3 Å². The highest BCUT2D eigenvalue weighted by atomic mass is 35.5. The van der Waals surface area contributed by atoms with Crippen LogP contribution in [0.4, 0.5) is 5.69 Å². The van der Waals surface area contributed by atoms with Gasteiger partial charge >= 0.3 is 0 Å². The monoisotopic (exact) mass is 442 g/mol. The van der Waals surface area contributed by atoms with E-state index in [0.29, 0.717) is 27.8 Å². The van der Waals surface area contributed by atoms with Crippen molar-refractivity contribution in [2.45, 2.75) is 6.54 Å². The fourth-order valence-electron chi connectivity index (χ4n) is 3.39. The lowest BCUT2D eigenvalue weighted by molar-refractivity contribution is -0.117. The second kappa shape index (κ2) is 8.93. The van der Waals surface area contributed by atoms with Crippen molar-refractivity contribution in [1.82, 2.24) is 19.2 Å². The van der Waals surface area contributed by atoms with Gasteiger partial charge in [-0.15, -0.1) is 11.3 Å². The first-order chi connectivity index (χ1) is 14.5. The summed E-state index contributed by atoms with van der Waals surface area (Å²) >= 11 is 7.45. The maximum Gasteiger partial charge on any atom is 0.258 e. The topological polar surface area (TPSA) is 93.7 Å². The maximum absolute atomic E-state index is 12.3. The molecule has 30 heavy (non-hydrogen) atoms. The average Bonchev–Trinajstić information content (AvgIpc) is 3.19. The number of fused-ring (bicyclic) bond motifs is 1. The Morgan fingerprint density at radius 2 is 2.00 bits per heavy atom. The van der Waals surface area contributed by atoms with Gasteiger partial charge in [-0.3, -0.25) is 23.8 Å². The van der Waals surface area contributed by atoms with Gasteiger partial charge in [-0.1, -0.05) is 11.6 Å². The molecule has 0 atom stereocenters. The van der Waals surface area contributed by atoms with Crippen LogP contribution in [0.2, 0.25) is 5.02 Å². The quantitative estimate of drug-likeness (QED) is 0.649. The Morgan fingerprint density at radius 1 is 1.23 bits per heavy atom. The van der Waals surface area contributed by atoms with Crippen molar-refractivity contribution in [3.63, 3.8) is 0 Å². The van der Waals surface area contributed by atoms with E-state index < -0.39 is 0 Å². The minimum absolute atomic E-state index is 0.0607. The van der Waals surface area contributed by atoms with E-state index in [1.54, 1.807) is 34.9 Å². The molecule has 1 aliphatic rings. The first-order valence-electron chi connectivity index (χ1n) is 9.42. The molecule has 0 radical (unpaired) electrons. The van der Waals surface area contributed by atoms with Crippen LogP contribution in [0.15, 0.2) is 40.6 Å². The number of amides is 1. The molecule has 10 heteroatoms. The fourth-order valence-corrected chi connectivity index (χ4v) is 4.35. The van der Waals surface area contributed by atoms with E-state index in [2.05, 4.69) is 20.1 Å². The second-order valence-electron chi connectivity index (χ2n) is 7.05. The van der Waals surface area contributed by atoms with Crippen molar-refractivity contribution < 1.29 is 4.79 Å². The Hall–Kier alpha value is -2.77. The van der Waals surface area contributed by atoms with Gasteiger partial charge in [-0.05, 0) is 18.2 Å². The molecule has 1 aliphatic heterocycles. The lowest BCUT2D eigenvalue weighted by Gasteiger charge is -2.34. The van der Waals surface area contributed by atoms with E-state index >= 15 is 0 Å². The number of carbonyl (C=O) groups is 1. The molecule has 0 spiro atoms. The number of benzene rings is 1. The van der Waals surface area contributed by atoms with E-state index in [1.165, 1.54) is 11.3 Å². The zero-order valence-corrected chi connectivity index (χ0v) is 17.6. The molecule has 0 bridgehead atoms. The first-order valence-corrected chi connectivity index (χ1v) is 10.7. The van der Waals surface area contributed by atoms with Crippen LogP contribution in [-0.2, 0) is 11.3 Å². The number of anilines is 1. The van der Waals surface area contributed by atoms with Gasteiger partial charge < -0.3 is 5.32 Å². The molecule has 1 aromatic carbocycles. The molecule has 1 N–H and O–H groups in total. The molecule has 3 heterocycles. The lowest BCUT2D eigenvalue weighted by Crippen LogP contribution is -2.48. The van der Waals surface area contributed by atoms with Gasteiger partial charge in [-0.25, -0.2) is 4.98 Å². The Bertz CT molecular complexity index is 1180. The number of halogens is 1. The molecule has 0 unspecified atom stereocenters. The number of hydrogen-bond acceptors (Lipinski definition) is 7. The van der Waals surface area contributed by atoms with Crippen molar-refractivity contribution in [3.8, 4) is 6.07 Å². The van der Waals surface area contributed by atoms with Crippen LogP contribution in [0.5, 0.6) is 0 Å². The molecule has 154 valence electrons. The number of carbonyl (C=O) groups excluding carboxylic acids is 1. The van der Waals surface area contributed by atoms with Gasteiger partial charge in [0.2, 0.25) is 5.91 Å². The molecular weight excluding hydrogens is 424 g/mol. The predicted molar refractivity (Wildman–Crippen MR) is 116 cm³/mol. The molecule has 0 aliphatic carbocycles. The third kappa shape index (κ3) is 4.68. The van der Waals surface area contributed by atoms with Crippen LogP contribution < -0.4 is 10.9 Å². The van der Waals surface area contributed by atoms with Gasteiger partial charge in [0.15, 0.2) is 4.96 Å². The SMILES string of the molecule is N#Cc1ccc(NC(=O)CN2CCN(Cc3cc(=O)n4ccsc4n3)CC2)cc1Cl. The third-order valence-corrected chi connectivity index (χ3v) is 6.02. The Morgan fingerprint density at radius 3 is 2.73 bits per heavy atom. The summed E-state index contributed by atoms with van der Waals surface area (Å²) in [6.07, 6.45) is 1.73. The summed E-state index contributed by atoms with van der Waals surface area (Å²) in [5, 5.41) is 13.9. The molecule has 0 saturated carbocycles. The van der Waals surface area contributed by atoms with Gasteiger partial charge in [0.05, 0.1) is 22.8 Å². The Kier molecular flexibility index (Phi) is 6.11. The van der Waals surface area contributed by atoms with Crippen molar-refractivity contribution >= 4 is 39.5 Å². The number of rotatable bonds is 5. The molecule has 2 aromatic heterocycles. The number of thiazole rings is 1. The Balaban J connectivity index is 1.28. The molecule has 8 nitrogen and oxygen atoms in total. The van der Waals surface area contributed by atoms with E-state index in [1.807, 2.05) is 11.4 Å². The van der Waals surface area contributed by atoms with Gasteiger partial charge in [0.25, 0.3) is 5.56 Å². The third-order valence-electron chi connectivity index (χ3n) is 4.95. The number of piperazine rings is 1. The number of nitrogens with one attached hydrogen (secondary N) is 1. The minimum atomic E-state index is -0.123. The van der Waals surface area contributed by atoms with Crippen molar-refractivity contribution in [2.24, 2.45) is 0 Å². The number of nitriles is 1. The highest BCUT2D eigenvalue weighted by Crippen LogP contribution is 2.20. The number of hydrogen-bond donors (Lipinski definition) is 1. The Labute approximate surface area is 181 Å². The first kappa shape index (κ1) is 20.5. The van der Waals surface area contributed by atoms with Crippen LogP contribution in [0, 0.1) is 11.3 Å². The average molecular weight is 443 g/mol. The summed E-state index contributed by atoms with van der Waals surface area (Å²) in [7, 11) is 0. The molecule has 4 rings (SSSR count).